The van der Waals surface area contributed by atoms with Crippen LogP contribution < -0.4 is 29.6 Å². The zero-order valence-electron chi connectivity index (χ0n) is 30.1. The summed E-state index contributed by atoms with van der Waals surface area (Å²) in [4.78, 5) is 35.6. The van der Waals surface area contributed by atoms with Gasteiger partial charge in [-0.15, -0.1) is 23.0 Å². The number of carboxylic acids is 1. The van der Waals surface area contributed by atoms with Gasteiger partial charge < -0.3 is 39.1 Å². The Bertz CT molecular complexity index is 2280. The minimum absolute atomic E-state index is 0.0194. The smallest absolute Gasteiger partial charge is 0.337 e. The molecule has 0 spiro atoms. The summed E-state index contributed by atoms with van der Waals surface area (Å²) in [5.41, 5.74) is 2.94. The number of anilines is 2. The van der Waals surface area contributed by atoms with Gasteiger partial charge in [0, 0.05) is 19.1 Å². The number of amides is 2. The summed E-state index contributed by atoms with van der Waals surface area (Å²) in [6, 6.07) is 23.8. The molecule has 13 nitrogen and oxygen atoms in total. The highest BCUT2D eigenvalue weighted by atomic mass is 16.5. The first-order valence-corrected chi connectivity index (χ1v) is 16.3. The Balaban J connectivity index is 0.000000246. The molecule has 5 rings (SSSR count). The fraction of sp³-hybridized carbons (Fsp3) is 0.119. The van der Waals surface area contributed by atoms with Crippen molar-refractivity contribution < 1.29 is 42.9 Å². The third kappa shape index (κ3) is 11.9. The minimum atomic E-state index is -1.11. The number of benzene rings is 4. The van der Waals surface area contributed by atoms with Crippen LogP contribution in [-0.4, -0.2) is 60.5 Å². The first-order valence-electron chi connectivity index (χ1n) is 16.3. The molecule has 3 N–H and O–H groups in total. The maximum absolute atomic E-state index is 12.4. The standard InChI is InChI=1S/C22H19N3O4.C20H17NO5/c1-4-13-28-19-11-9-16(14-20(19)27-3)10-12-21(26)23-18-8-6-5-7-17(18)22-25-24-15(2)29-22;1-3-12-26-17-10-8-14(13-18(17)25-2)9-11-19(22)21-16-7-5-4-6-15(16)20(23)24/h1,5-12,14H,13H2,2-3H3,(H,23,26);1,4-11,13H,12H2,2H3,(H,21,22)(H,23,24)/b12-10+;11-9+. The SMILES string of the molecule is C#CCOc1ccc(/C=C/C(=O)Nc2ccccc2-c2nnc(C)o2)cc1OC.C#CCOc1ccc(/C=C/C(=O)Nc2ccccc2C(=O)O)cc1OC. The third-order valence-corrected chi connectivity index (χ3v) is 7.21. The molecule has 0 aliphatic rings. The Morgan fingerprint density at radius 3 is 1.73 bits per heavy atom. The van der Waals surface area contributed by atoms with Crippen molar-refractivity contribution >= 4 is 41.3 Å². The van der Waals surface area contributed by atoms with Crippen LogP contribution in [0.1, 0.15) is 27.4 Å². The number of rotatable bonds is 14. The Labute approximate surface area is 317 Å². The van der Waals surface area contributed by atoms with Crippen LogP contribution in [0.15, 0.2) is 101 Å². The molecule has 55 heavy (non-hydrogen) atoms. The molecule has 2 amide bonds. The van der Waals surface area contributed by atoms with Gasteiger partial charge in [0.1, 0.15) is 13.2 Å². The summed E-state index contributed by atoms with van der Waals surface area (Å²) in [6.07, 6.45) is 16.3. The molecule has 278 valence electrons. The number of nitrogens with one attached hydrogen (secondary N) is 2. The van der Waals surface area contributed by atoms with Gasteiger partial charge in [0.15, 0.2) is 23.0 Å². The highest BCUT2D eigenvalue weighted by Gasteiger charge is 2.13. The van der Waals surface area contributed by atoms with Crippen LogP contribution in [0.5, 0.6) is 23.0 Å². The van der Waals surface area contributed by atoms with Gasteiger partial charge in [0.25, 0.3) is 0 Å². The lowest BCUT2D eigenvalue weighted by molar-refractivity contribution is -0.112. The summed E-state index contributed by atoms with van der Waals surface area (Å²) in [5, 5.41) is 22.3. The van der Waals surface area contributed by atoms with E-state index in [2.05, 4.69) is 32.7 Å². The largest absolute Gasteiger partial charge is 0.493 e. The molecule has 0 saturated heterocycles. The molecule has 0 radical (unpaired) electrons. The van der Waals surface area contributed by atoms with Crippen LogP contribution in [0, 0.1) is 31.6 Å². The van der Waals surface area contributed by atoms with E-state index in [9.17, 15) is 14.4 Å². The maximum Gasteiger partial charge on any atom is 0.337 e. The van der Waals surface area contributed by atoms with E-state index in [0.717, 1.165) is 5.56 Å². The number of nitrogens with zero attached hydrogens (tertiary/aromatic N) is 2. The number of terminal acetylenes is 2. The van der Waals surface area contributed by atoms with Crippen molar-refractivity contribution in [3.63, 3.8) is 0 Å². The number of aryl methyl sites for hydroxylation is 1. The van der Waals surface area contributed by atoms with Crippen LogP contribution in [0.3, 0.4) is 0 Å². The van der Waals surface area contributed by atoms with Gasteiger partial charge in [0.2, 0.25) is 23.6 Å². The summed E-state index contributed by atoms with van der Waals surface area (Å²) < 4.78 is 26.8. The van der Waals surface area contributed by atoms with Crippen molar-refractivity contribution in [1.29, 1.82) is 0 Å². The number of carbonyl (C=O) groups excluding carboxylic acids is 2. The number of methoxy groups -OCH3 is 2. The Kier molecular flexibility index (Phi) is 14.8. The molecule has 1 heterocycles. The Morgan fingerprint density at radius 2 is 1.24 bits per heavy atom. The van der Waals surface area contributed by atoms with Crippen LogP contribution in [-0.2, 0) is 9.59 Å². The summed E-state index contributed by atoms with van der Waals surface area (Å²) in [5.74, 6) is 5.75. The van der Waals surface area contributed by atoms with E-state index >= 15 is 0 Å². The zero-order valence-corrected chi connectivity index (χ0v) is 30.1. The van der Waals surface area contributed by atoms with E-state index < -0.39 is 11.9 Å². The Hall–Kier alpha value is -7.77. The zero-order chi connectivity index (χ0) is 39.6. The summed E-state index contributed by atoms with van der Waals surface area (Å²) >= 11 is 0. The van der Waals surface area contributed by atoms with Crippen LogP contribution in [0.2, 0.25) is 0 Å². The number of hydrogen-bond donors (Lipinski definition) is 3. The third-order valence-electron chi connectivity index (χ3n) is 7.21. The molecule has 0 saturated carbocycles. The fourth-order valence-electron chi connectivity index (χ4n) is 4.71. The first-order chi connectivity index (χ1) is 26.6. The van der Waals surface area contributed by atoms with E-state index in [0.29, 0.717) is 51.6 Å². The molecular weight excluding hydrogens is 704 g/mol. The van der Waals surface area contributed by atoms with Gasteiger partial charge in [-0.2, -0.15) is 0 Å². The molecule has 0 fully saturated rings. The Morgan fingerprint density at radius 1 is 0.727 bits per heavy atom. The van der Waals surface area contributed by atoms with Crippen molar-refractivity contribution in [1.82, 2.24) is 10.2 Å². The second-order valence-electron chi connectivity index (χ2n) is 11.0. The molecule has 0 atom stereocenters. The second-order valence-corrected chi connectivity index (χ2v) is 11.0. The van der Waals surface area contributed by atoms with Crippen LogP contribution in [0.4, 0.5) is 11.4 Å². The molecule has 1 aromatic heterocycles. The van der Waals surface area contributed by atoms with E-state index in [4.69, 9.17) is 41.3 Å². The van der Waals surface area contributed by atoms with Crippen molar-refractivity contribution in [2.75, 3.05) is 38.1 Å². The average molecular weight is 741 g/mol. The maximum atomic E-state index is 12.4. The molecule has 4 aromatic carbocycles. The van der Waals surface area contributed by atoms with E-state index in [-0.39, 0.29) is 30.4 Å². The van der Waals surface area contributed by atoms with Gasteiger partial charge in [-0.25, -0.2) is 4.79 Å². The highest BCUT2D eigenvalue weighted by Crippen LogP contribution is 2.30. The topological polar surface area (TPSA) is 171 Å². The monoisotopic (exact) mass is 740 g/mol. The van der Waals surface area contributed by atoms with Gasteiger partial charge >= 0.3 is 5.97 Å². The predicted molar refractivity (Wildman–Crippen MR) is 208 cm³/mol. The minimum Gasteiger partial charge on any atom is -0.493 e. The fourth-order valence-corrected chi connectivity index (χ4v) is 4.71. The highest BCUT2D eigenvalue weighted by molar-refractivity contribution is 6.06. The molecule has 13 heteroatoms. The number of para-hydroxylation sites is 2. The number of ether oxygens (including phenoxy) is 4. The summed E-state index contributed by atoms with van der Waals surface area (Å²) in [7, 11) is 3.04. The molecular formula is C42H36N4O9. The van der Waals surface area contributed by atoms with E-state index in [1.54, 1.807) is 79.7 Å². The van der Waals surface area contributed by atoms with Crippen LogP contribution in [0.25, 0.3) is 23.6 Å². The second kappa shape index (κ2) is 20.3. The number of carbonyl (C=O) groups is 3. The lowest BCUT2D eigenvalue weighted by Gasteiger charge is -2.09. The number of aromatic nitrogens is 2. The van der Waals surface area contributed by atoms with Crippen molar-refractivity contribution in [3.8, 4) is 59.1 Å². The lowest BCUT2D eigenvalue weighted by Crippen LogP contribution is -2.11. The molecule has 0 aliphatic carbocycles. The van der Waals surface area contributed by atoms with Crippen molar-refractivity contribution in [2.24, 2.45) is 0 Å². The van der Waals surface area contributed by atoms with Gasteiger partial charge in [-0.05, 0) is 71.8 Å². The van der Waals surface area contributed by atoms with E-state index in [1.165, 1.54) is 38.5 Å². The van der Waals surface area contributed by atoms with E-state index in [1.807, 2.05) is 12.1 Å². The summed E-state index contributed by atoms with van der Waals surface area (Å²) in [6.45, 7) is 1.97. The predicted octanol–water partition coefficient (Wildman–Crippen LogP) is 6.77. The lowest BCUT2D eigenvalue weighted by atomic mass is 10.1. The quantitative estimate of drug-likeness (QED) is 0.0810. The normalized spacial score (nSPS) is 10.3. The van der Waals surface area contributed by atoms with Crippen molar-refractivity contribution in [3.05, 3.63) is 120 Å². The van der Waals surface area contributed by atoms with Crippen molar-refractivity contribution in [2.45, 2.75) is 6.92 Å². The molecule has 5 aromatic rings. The average Bonchev–Trinajstić information content (AvgIpc) is 3.64. The molecule has 0 aliphatic heterocycles. The molecule has 0 unspecified atom stereocenters. The van der Waals surface area contributed by atoms with Gasteiger partial charge in [-0.1, -0.05) is 48.2 Å². The number of hydrogen-bond acceptors (Lipinski definition) is 10. The number of aromatic carboxylic acids is 1. The van der Waals surface area contributed by atoms with Gasteiger partial charge in [0.05, 0.1) is 36.7 Å². The number of carboxylic acid groups (broad SMARTS) is 1. The first kappa shape index (κ1) is 40.0. The van der Waals surface area contributed by atoms with Gasteiger partial charge in [-0.3, -0.25) is 9.59 Å². The van der Waals surface area contributed by atoms with Crippen LogP contribution >= 0.6 is 0 Å². The molecule has 0 bridgehead atoms.